The smallest absolute Gasteiger partial charge is 0.415 e. The molecule has 1 aromatic carbocycles. The van der Waals surface area contributed by atoms with Gasteiger partial charge in [-0.2, -0.15) is 8.78 Å². The molecule has 1 amide bonds. The molecule has 3 N–H and O–H groups in total. The second kappa shape index (κ2) is 5.96. The zero-order valence-electron chi connectivity index (χ0n) is 11.8. The second-order valence-corrected chi connectivity index (χ2v) is 5.50. The average Bonchev–Trinajstić information content (AvgIpc) is 3.03. The van der Waals surface area contributed by atoms with Gasteiger partial charge in [0.15, 0.2) is 11.5 Å². The summed E-state index contributed by atoms with van der Waals surface area (Å²) in [5.74, 6) is 0.706. The number of nitrogens with one attached hydrogen (secondary N) is 1. The quantitative estimate of drug-likeness (QED) is 0.828. The Labute approximate surface area is 126 Å². The number of ether oxygens (including phenoxy) is 2. The lowest BCUT2D eigenvalue weighted by Gasteiger charge is -2.18. The Morgan fingerprint density at radius 3 is 2.55 bits per heavy atom. The molecule has 22 heavy (non-hydrogen) atoms. The van der Waals surface area contributed by atoms with Crippen LogP contribution in [-0.4, -0.2) is 43.8 Å². The molecule has 0 aliphatic carbocycles. The number of carbonyl (C=O) groups is 1. The maximum absolute atomic E-state index is 12.3. The standard InChI is InChI=1S/C14H17F2N3O3/c15-13(16)21-10-2-1-3-11(12(10)17)22-14(20)19-6-8-4-18-5-9(8)7-19/h1-3,8-9,13,18H,4-7,17H2/t8-,9-/m0/s1. The Hall–Kier alpha value is -2.09. The van der Waals surface area contributed by atoms with E-state index in [-0.39, 0.29) is 17.2 Å². The minimum absolute atomic E-state index is 0.0262. The van der Waals surface area contributed by atoms with Crippen molar-refractivity contribution >= 4 is 11.8 Å². The summed E-state index contributed by atoms with van der Waals surface area (Å²) in [6.45, 7) is 0.0641. The van der Waals surface area contributed by atoms with E-state index in [1.165, 1.54) is 18.2 Å². The molecule has 2 fully saturated rings. The summed E-state index contributed by atoms with van der Waals surface area (Å²) in [5.41, 5.74) is 5.59. The highest BCUT2D eigenvalue weighted by Crippen LogP contribution is 2.33. The van der Waals surface area contributed by atoms with Crippen LogP contribution in [0.15, 0.2) is 18.2 Å². The summed E-state index contributed by atoms with van der Waals surface area (Å²) >= 11 is 0. The van der Waals surface area contributed by atoms with Crippen molar-refractivity contribution in [2.24, 2.45) is 11.8 Å². The number of anilines is 1. The summed E-state index contributed by atoms with van der Waals surface area (Å²) in [6, 6.07) is 4.19. The maximum atomic E-state index is 12.3. The van der Waals surface area contributed by atoms with Crippen molar-refractivity contribution in [3.05, 3.63) is 18.2 Å². The number of nitrogens with two attached hydrogens (primary N) is 1. The van der Waals surface area contributed by atoms with Gasteiger partial charge in [0.05, 0.1) is 0 Å². The van der Waals surface area contributed by atoms with E-state index in [1.807, 2.05) is 0 Å². The van der Waals surface area contributed by atoms with Gasteiger partial charge in [0.1, 0.15) is 5.69 Å². The first-order chi connectivity index (χ1) is 10.5. The lowest BCUT2D eigenvalue weighted by atomic mass is 10.0. The fraction of sp³-hybridized carbons (Fsp3) is 0.500. The number of nitrogens with zero attached hydrogens (tertiary/aromatic N) is 1. The van der Waals surface area contributed by atoms with Gasteiger partial charge in [-0.05, 0) is 24.0 Å². The largest absolute Gasteiger partial charge is 0.432 e. The van der Waals surface area contributed by atoms with E-state index in [4.69, 9.17) is 10.5 Å². The number of halogens is 2. The molecule has 0 aromatic heterocycles. The number of carbonyl (C=O) groups excluding carboxylic acids is 1. The summed E-state index contributed by atoms with van der Waals surface area (Å²) in [4.78, 5) is 13.8. The molecule has 2 heterocycles. The third kappa shape index (κ3) is 2.92. The highest BCUT2D eigenvalue weighted by Gasteiger charge is 2.39. The molecule has 2 atom stereocenters. The summed E-state index contributed by atoms with van der Waals surface area (Å²) < 4.78 is 34.1. The van der Waals surface area contributed by atoms with Gasteiger partial charge in [0, 0.05) is 26.2 Å². The van der Waals surface area contributed by atoms with E-state index < -0.39 is 12.7 Å². The van der Waals surface area contributed by atoms with Gasteiger partial charge in [-0.3, -0.25) is 0 Å². The molecule has 2 aliphatic heterocycles. The van der Waals surface area contributed by atoms with Crippen molar-refractivity contribution in [3.8, 4) is 11.5 Å². The topological polar surface area (TPSA) is 76.8 Å². The zero-order valence-corrected chi connectivity index (χ0v) is 11.8. The maximum Gasteiger partial charge on any atom is 0.415 e. The van der Waals surface area contributed by atoms with Gasteiger partial charge in [0.2, 0.25) is 0 Å². The lowest BCUT2D eigenvalue weighted by molar-refractivity contribution is -0.0493. The molecule has 0 saturated carbocycles. The van der Waals surface area contributed by atoms with Crippen LogP contribution >= 0.6 is 0 Å². The molecule has 0 unspecified atom stereocenters. The van der Waals surface area contributed by atoms with Gasteiger partial charge in [-0.15, -0.1) is 0 Å². The molecule has 2 aliphatic rings. The second-order valence-electron chi connectivity index (χ2n) is 5.50. The molecule has 0 bridgehead atoms. The molecule has 0 spiro atoms. The number of hydrogen-bond donors (Lipinski definition) is 2. The van der Waals surface area contributed by atoms with E-state index in [0.717, 1.165) is 13.1 Å². The number of para-hydroxylation sites is 1. The third-order valence-corrected chi connectivity index (χ3v) is 4.09. The Bertz CT molecular complexity index is 558. The summed E-state index contributed by atoms with van der Waals surface area (Å²) in [6.07, 6.45) is -0.518. The van der Waals surface area contributed by atoms with E-state index in [2.05, 4.69) is 10.1 Å². The average molecular weight is 313 g/mol. The van der Waals surface area contributed by atoms with Gasteiger partial charge >= 0.3 is 12.7 Å². The number of amides is 1. The minimum Gasteiger partial charge on any atom is -0.432 e. The van der Waals surface area contributed by atoms with E-state index in [9.17, 15) is 13.6 Å². The van der Waals surface area contributed by atoms with E-state index in [0.29, 0.717) is 24.9 Å². The monoisotopic (exact) mass is 313 g/mol. The van der Waals surface area contributed by atoms with Crippen LogP contribution in [0.2, 0.25) is 0 Å². The SMILES string of the molecule is Nc1c(OC(=O)N2C[C@@H]3CNC[C@H]3C2)cccc1OC(F)F. The van der Waals surface area contributed by atoms with Gasteiger partial charge in [-0.1, -0.05) is 6.07 Å². The highest BCUT2D eigenvalue weighted by molar-refractivity contribution is 5.75. The van der Waals surface area contributed by atoms with Crippen LogP contribution in [0.25, 0.3) is 0 Å². The van der Waals surface area contributed by atoms with Crippen LogP contribution in [0.4, 0.5) is 19.3 Å². The van der Waals surface area contributed by atoms with Crippen molar-refractivity contribution in [2.75, 3.05) is 31.9 Å². The van der Waals surface area contributed by atoms with E-state index in [1.54, 1.807) is 4.90 Å². The number of rotatable bonds is 3. The van der Waals surface area contributed by atoms with Crippen LogP contribution in [0.3, 0.4) is 0 Å². The molecule has 1 aromatic rings. The van der Waals surface area contributed by atoms with Crippen molar-refractivity contribution < 1.29 is 23.0 Å². The van der Waals surface area contributed by atoms with Crippen LogP contribution in [-0.2, 0) is 0 Å². The number of hydrogen-bond acceptors (Lipinski definition) is 5. The van der Waals surface area contributed by atoms with Crippen LogP contribution in [0.1, 0.15) is 0 Å². The summed E-state index contributed by atoms with van der Waals surface area (Å²) in [5, 5.41) is 3.28. The molecular formula is C14H17F2N3O3. The molecule has 120 valence electrons. The Morgan fingerprint density at radius 1 is 1.27 bits per heavy atom. The van der Waals surface area contributed by atoms with Gasteiger partial charge in [-0.25, -0.2) is 4.79 Å². The van der Waals surface area contributed by atoms with Crippen molar-refractivity contribution in [1.29, 1.82) is 0 Å². The van der Waals surface area contributed by atoms with Crippen LogP contribution < -0.4 is 20.5 Å². The lowest BCUT2D eigenvalue weighted by Crippen LogP contribution is -2.34. The van der Waals surface area contributed by atoms with Gasteiger partial charge < -0.3 is 25.4 Å². The first kappa shape index (κ1) is 14.8. The van der Waals surface area contributed by atoms with Crippen LogP contribution in [0.5, 0.6) is 11.5 Å². The van der Waals surface area contributed by atoms with Crippen molar-refractivity contribution in [1.82, 2.24) is 10.2 Å². The summed E-state index contributed by atoms with van der Waals surface area (Å²) in [7, 11) is 0. The van der Waals surface area contributed by atoms with Crippen LogP contribution in [0, 0.1) is 11.8 Å². The number of fused-ring (bicyclic) bond motifs is 1. The Kier molecular flexibility index (Phi) is 4.02. The van der Waals surface area contributed by atoms with Crippen molar-refractivity contribution in [2.45, 2.75) is 6.61 Å². The number of benzene rings is 1. The predicted octanol–water partition coefficient (Wildman–Crippen LogP) is 1.52. The molecule has 8 heteroatoms. The normalized spacial score (nSPS) is 23.7. The molecule has 0 radical (unpaired) electrons. The first-order valence-corrected chi connectivity index (χ1v) is 7.05. The van der Waals surface area contributed by atoms with Gasteiger partial charge in [0.25, 0.3) is 0 Å². The number of alkyl halides is 2. The number of nitrogen functional groups attached to an aromatic ring is 1. The fourth-order valence-electron chi connectivity index (χ4n) is 2.97. The fourth-order valence-corrected chi connectivity index (χ4v) is 2.97. The Balaban J connectivity index is 1.67. The predicted molar refractivity (Wildman–Crippen MR) is 74.9 cm³/mol. The third-order valence-electron chi connectivity index (χ3n) is 4.09. The van der Waals surface area contributed by atoms with E-state index >= 15 is 0 Å². The molecular weight excluding hydrogens is 296 g/mol. The first-order valence-electron chi connectivity index (χ1n) is 7.05. The molecule has 3 rings (SSSR count). The molecule has 6 nitrogen and oxygen atoms in total. The minimum atomic E-state index is -2.99. The number of likely N-dealkylation sites (tertiary alicyclic amines) is 1. The molecule has 2 saturated heterocycles. The Morgan fingerprint density at radius 2 is 1.91 bits per heavy atom. The van der Waals surface area contributed by atoms with Crippen molar-refractivity contribution in [3.63, 3.8) is 0 Å². The zero-order chi connectivity index (χ0) is 15.7. The highest BCUT2D eigenvalue weighted by atomic mass is 19.3.